The highest BCUT2D eigenvalue weighted by atomic mass is 16.4. The van der Waals surface area contributed by atoms with E-state index in [0.717, 1.165) is 22.3 Å². The molecule has 2 N–H and O–H groups in total. The van der Waals surface area contributed by atoms with E-state index in [9.17, 15) is 10.0 Å². The molecule has 22 heavy (non-hydrogen) atoms. The smallest absolute Gasteiger partial charge is 0.229 e. The molecule has 0 spiro atoms. The van der Waals surface area contributed by atoms with Crippen LogP contribution < -0.4 is 5.32 Å². The van der Waals surface area contributed by atoms with Crippen LogP contribution in [0.3, 0.4) is 0 Å². The Labute approximate surface area is 129 Å². The summed E-state index contributed by atoms with van der Waals surface area (Å²) in [5.74, 6) is -0.0505. The number of amides is 1. The fourth-order valence-corrected chi connectivity index (χ4v) is 2.55. The van der Waals surface area contributed by atoms with Crippen LogP contribution in [0.25, 0.3) is 11.1 Å². The van der Waals surface area contributed by atoms with Gasteiger partial charge in [0.25, 0.3) is 0 Å². The molecule has 112 valence electrons. The minimum atomic E-state index is -0.462. The minimum Gasteiger partial charge on any atom is -0.410 e. The van der Waals surface area contributed by atoms with Crippen LogP contribution in [-0.4, -0.2) is 16.8 Å². The highest BCUT2D eigenvalue weighted by Gasteiger charge is 2.26. The van der Waals surface area contributed by atoms with E-state index in [0.29, 0.717) is 11.4 Å². The van der Waals surface area contributed by atoms with Crippen LogP contribution in [0.4, 0.5) is 5.69 Å². The van der Waals surface area contributed by atoms with Crippen LogP contribution in [0.5, 0.6) is 0 Å². The lowest BCUT2D eigenvalue weighted by Gasteiger charge is -2.18. The van der Waals surface area contributed by atoms with Gasteiger partial charge in [-0.1, -0.05) is 56.3 Å². The summed E-state index contributed by atoms with van der Waals surface area (Å²) >= 11 is 0. The van der Waals surface area contributed by atoms with Gasteiger partial charge in [0, 0.05) is 22.2 Å². The normalized spacial score (nSPS) is 14.6. The third-order valence-electron chi connectivity index (χ3n) is 3.79. The quantitative estimate of drug-likeness (QED) is 0.528. The Hall–Kier alpha value is -2.62. The van der Waals surface area contributed by atoms with Crippen molar-refractivity contribution in [2.24, 2.45) is 10.6 Å². The molecule has 4 nitrogen and oxygen atoms in total. The standard InChI is InChI=1S/C18H18N2O2/c1-18(2,3)17(21)19-11-8-9-13-12-6-4-5-7-14(12)16(20-22)15(13)10-11/h4-10,22H,1-3H3,(H,19,21)/b20-16-. The maximum absolute atomic E-state index is 12.1. The van der Waals surface area contributed by atoms with Crippen molar-refractivity contribution in [2.45, 2.75) is 20.8 Å². The first-order valence-corrected chi connectivity index (χ1v) is 7.19. The fraction of sp³-hybridized carbons (Fsp3) is 0.222. The summed E-state index contributed by atoms with van der Waals surface area (Å²) in [5.41, 5.74) is 4.56. The first-order chi connectivity index (χ1) is 10.4. The van der Waals surface area contributed by atoms with Crippen molar-refractivity contribution in [3.63, 3.8) is 0 Å². The van der Waals surface area contributed by atoms with Gasteiger partial charge in [0.05, 0.1) is 0 Å². The Balaban J connectivity index is 2.03. The summed E-state index contributed by atoms with van der Waals surface area (Å²) in [6.07, 6.45) is 0. The minimum absolute atomic E-state index is 0.0505. The maximum Gasteiger partial charge on any atom is 0.229 e. The van der Waals surface area contributed by atoms with Crippen molar-refractivity contribution >= 4 is 17.3 Å². The van der Waals surface area contributed by atoms with Gasteiger partial charge < -0.3 is 10.5 Å². The van der Waals surface area contributed by atoms with E-state index in [1.807, 2.05) is 63.2 Å². The zero-order chi connectivity index (χ0) is 15.9. The van der Waals surface area contributed by atoms with Crippen LogP contribution >= 0.6 is 0 Å². The van der Waals surface area contributed by atoms with E-state index < -0.39 is 5.41 Å². The van der Waals surface area contributed by atoms with Crippen molar-refractivity contribution in [1.29, 1.82) is 0 Å². The number of rotatable bonds is 1. The molecule has 0 aliphatic heterocycles. The molecular weight excluding hydrogens is 276 g/mol. The largest absolute Gasteiger partial charge is 0.410 e. The predicted octanol–water partition coefficient (Wildman–Crippen LogP) is 3.88. The molecule has 1 amide bonds. The second kappa shape index (κ2) is 4.98. The second-order valence-electron chi connectivity index (χ2n) is 6.46. The first-order valence-electron chi connectivity index (χ1n) is 7.19. The van der Waals surface area contributed by atoms with Crippen LogP contribution in [0, 0.1) is 5.41 Å². The van der Waals surface area contributed by atoms with Crippen LogP contribution in [0.1, 0.15) is 31.9 Å². The number of carbonyl (C=O) groups excluding carboxylic acids is 1. The molecule has 1 aliphatic rings. The van der Waals surface area contributed by atoms with Crippen LogP contribution in [-0.2, 0) is 4.79 Å². The van der Waals surface area contributed by atoms with Gasteiger partial charge in [-0.2, -0.15) is 0 Å². The molecular formula is C18H18N2O2. The molecule has 0 radical (unpaired) electrons. The Morgan fingerprint density at radius 3 is 2.27 bits per heavy atom. The summed E-state index contributed by atoms with van der Waals surface area (Å²) in [7, 11) is 0. The van der Waals surface area contributed by atoms with E-state index in [1.54, 1.807) is 0 Å². The molecule has 0 saturated carbocycles. The number of hydrogen-bond acceptors (Lipinski definition) is 3. The number of anilines is 1. The molecule has 0 atom stereocenters. The third kappa shape index (κ3) is 2.26. The van der Waals surface area contributed by atoms with Crippen molar-refractivity contribution in [3.05, 3.63) is 53.6 Å². The Kier molecular flexibility index (Phi) is 3.24. The summed E-state index contributed by atoms with van der Waals surface area (Å²) < 4.78 is 0. The molecule has 0 fully saturated rings. The lowest BCUT2D eigenvalue weighted by Crippen LogP contribution is -2.27. The Morgan fingerprint density at radius 1 is 1.00 bits per heavy atom. The van der Waals surface area contributed by atoms with E-state index in [4.69, 9.17) is 0 Å². The van der Waals surface area contributed by atoms with Gasteiger partial charge in [-0.3, -0.25) is 4.79 Å². The number of carbonyl (C=O) groups is 1. The molecule has 0 heterocycles. The molecule has 2 aromatic rings. The first kappa shape index (κ1) is 14.3. The third-order valence-corrected chi connectivity index (χ3v) is 3.79. The topological polar surface area (TPSA) is 61.7 Å². The highest BCUT2D eigenvalue weighted by Crippen LogP contribution is 2.38. The van der Waals surface area contributed by atoms with Gasteiger partial charge >= 0.3 is 0 Å². The average molecular weight is 294 g/mol. The van der Waals surface area contributed by atoms with Crippen LogP contribution in [0.15, 0.2) is 47.6 Å². The summed E-state index contributed by atoms with van der Waals surface area (Å²) in [4.78, 5) is 12.1. The van der Waals surface area contributed by atoms with E-state index in [1.165, 1.54) is 0 Å². The molecule has 0 bridgehead atoms. The Bertz CT molecular complexity index is 786. The van der Waals surface area contributed by atoms with E-state index >= 15 is 0 Å². The van der Waals surface area contributed by atoms with Gasteiger partial charge in [-0.15, -0.1) is 0 Å². The SMILES string of the molecule is CC(C)(C)C(=O)Nc1ccc2c(c1)/C(=N\O)c1ccccc1-2. The number of benzene rings is 2. The van der Waals surface area contributed by atoms with E-state index in [2.05, 4.69) is 10.5 Å². The van der Waals surface area contributed by atoms with Gasteiger partial charge in [0.1, 0.15) is 5.71 Å². The summed E-state index contributed by atoms with van der Waals surface area (Å²) in [6.45, 7) is 5.60. The zero-order valence-corrected chi connectivity index (χ0v) is 12.8. The van der Waals surface area contributed by atoms with Crippen LogP contribution in [0.2, 0.25) is 0 Å². The number of nitrogens with one attached hydrogen (secondary N) is 1. The van der Waals surface area contributed by atoms with Crippen molar-refractivity contribution < 1.29 is 10.0 Å². The summed E-state index contributed by atoms with van der Waals surface area (Å²) in [6, 6.07) is 13.5. The molecule has 0 saturated heterocycles. The van der Waals surface area contributed by atoms with Crippen molar-refractivity contribution in [3.8, 4) is 11.1 Å². The maximum atomic E-state index is 12.1. The zero-order valence-electron chi connectivity index (χ0n) is 12.8. The summed E-state index contributed by atoms with van der Waals surface area (Å²) in [5, 5.41) is 15.7. The van der Waals surface area contributed by atoms with Gasteiger partial charge in [0.2, 0.25) is 5.91 Å². The molecule has 1 aliphatic carbocycles. The van der Waals surface area contributed by atoms with Gasteiger partial charge in [0.15, 0.2) is 0 Å². The predicted molar refractivity (Wildman–Crippen MR) is 87.4 cm³/mol. The van der Waals surface area contributed by atoms with Gasteiger partial charge in [-0.05, 0) is 23.3 Å². The lowest BCUT2D eigenvalue weighted by atomic mass is 9.95. The fourth-order valence-electron chi connectivity index (χ4n) is 2.55. The second-order valence-corrected chi connectivity index (χ2v) is 6.46. The Morgan fingerprint density at radius 2 is 1.64 bits per heavy atom. The molecule has 0 aromatic heterocycles. The van der Waals surface area contributed by atoms with Gasteiger partial charge in [-0.25, -0.2) is 0 Å². The van der Waals surface area contributed by atoms with Crippen molar-refractivity contribution in [1.82, 2.24) is 0 Å². The number of oxime groups is 1. The number of fused-ring (bicyclic) bond motifs is 3. The monoisotopic (exact) mass is 294 g/mol. The van der Waals surface area contributed by atoms with E-state index in [-0.39, 0.29) is 5.91 Å². The number of hydrogen-bond donors (Lipinski definition) is 2. The number of nitrogens with zero attached hydrogens (tertiary/aromatic N) is 1. The van der Waals surface area contributed by atoms with Crippen molar-refractivity contribution in [2.75, 3.05) is 5.32 Å². The molecule has 2 aromatic carbocycles. The lowest BCUT2D eigenvalue weighted by molar-refractivity contribution is -0.123. The molecule has 0 unspecified atom stereocenters. The molecule has 3 rings (SSSR count). The molecule has 4 heteroatoms. The average Bonchev–Trinajstić information content (AvgIpc) is 2.79. The highest BCUT2D eigenvalue weighted by molar-refractivity contribution is 6.24.